The highest BCUT2D eigenvalue weighted by Gasteiger charge is 2.30. The van der Waals surface area contributed by atoms with Gasteiger partial charge >= 0.3 is 0 Å². The van der Waals surface area contributed by atoms with Crippen molar-refractivity contribution in [1.29, 1.82) is 0 Å². The first-order valence-electron chi connectivity index (χ1n) is 6.35. The quantitative estimate of drug-likeness (QED) is 0.829. The van der Waals surface area contributed by atoms with Crippen LogP contribution in [0, 0.1) is 6.92 Å². The molecule has 96 valence electrons. The van der Waals surface area contributed by atoms with Gasteiger partial charge in [0.25, 0.3) is 5.56 Å². The number of nitrogens with zero attached hydrogens (tertiary/aromatic N) is 1. The topological polar surface area (TPSA) is 62.8 Å². The Morgan fingerprint density at radius 2 is 2.17 bits per heavy atom. The number of carbonyl (C=O) groups excluding carboxylic acids is 1. The highest BCUT2D eigenvalue weighted by molar-refractivity contribution is 5.95. The maximum Gasteiger partial charge on any atom is 0.258 e. The number of aromatic nitrogens is 2. The van der Waals surface area contributed by atoms with Crippen molar-refractivity contribution in [3.8, 4) is 0 Å². The third kappa shape index (κ3) is 2.58. The van der Waals surface area contributed by atoms with Crippen LogP contribution in [0.15, 0.2) is 10.9 Å². The minimum Gasteiger partial charge on any atom is -0.310 e. The summed E-state index contributed by atoms with van der Waals surface area (Å²) in [5, 5.41) is 0. The van der Waals surface area contributed by atoms with Crippen molar-refractivity contribution in [2.45, 2.75) is 46.0 Å². The number of hydrogen-bond acceptors (Lipinski definition) is 3. The van der Waals surface area contributed by atoms with Crippen molar-refractivity contribution in [1.82, 2.24) is 9.97 Å². The number of carbonyl (C=O) groups is 1. The van der Waals surface area contributed by atoms with Crippen molar-refractivity contribution in [2.75, 3.05) is 0 Å². The molecular weight excluding hydrogens is 228 g/mol. The molecule has 1 aromatic heterocycles. The van der Waals surface area contributed by atoms with E-state index in [2.05, 4.69) is 9.97 Å². The zero-order valence-electron chi connectivity index (χ0n) is 11.0. The van der Waals surface area contributed by atoms with Crippen LogP contribution in [0.5, 0.6) is 0 Å². The van der Waals surface area contributed by atoms with Gasteiger partial charge in [0.1, 0.15) is 5.82 Å². The van der Waals surface area contributed by atoms with Crippen LogP contribution in [0.25, 0.3) is 5.57 Å². The Balaban J connectivity index is 2.61. The normalized spacial score (nSPS) is 15.8. The number of ketones is 1. The molecule has 4 heteroatoms. The summed E-state index contributed by atoms with van der Waals surface area (Å²) in [5.41, 5.74) is 2.14. The van der Waals surface area contributed by atoms with Crippen LogP contribution in [0.2, 0.25) is 0 Å². The summed E-state index contributed by atoms with van der Waals surface area (Å²) in [6.07, 6.45) is 4.38. The van der Waals surface area contributed by atoms with Crippen LogP contribution >= 0.6 is 0 Å². The van der Waals surface area contributed by atoms with E-state index < -0.39 is 0 Å². The lowest BCUT2D eigenvalue weighted by molar-refractivity contribution is -0.112. The van der Waals surface area contributed by atoms with Crippen LogP contribution in [0.3, 0.4) is 0 Å². The van der Waals surface area contributed by atoms with E-state index in [-0.39, 0.29) is 11.3 Å². The number of rotatable bonds is 4. The summed E-state index contributed by atoms with van der Waals surface area (Å²) in [6.45, 7) is 5.24. The van der Waals surface area contributed by atoms with E-state index in [1.54, 1.807) is 13.0 Å². The molecule has 2 rings (SSSR count). The predicted molar refractivity (Wildman–Crippen MR) is 70.5 cm³/mol. The second-order valence-electron chi connectivity index (χ2n) is 4.82. The van der Waals surface area contributed by atoms with Crippen LogP contribution in [0.1, 0.15) is 56.1 Å². The molecule has 1 aliphatic carbocycles. The third-order valence-corrected chi connectivity index (χ3v) is 3.11. The summed E-state index contributed by atoms with van der Waals surface area (Å²) in [6, 6.07) is 0. The molecule has 1 saturated carbocycles. The standard InChI is InChI=1S/C14H18N2O2/c1-4-10(7-8(2)17)12-13(11-5-6-11)15-9(3)16-14(12)18/h7,11H,4-6H2,1-3H3,(H,15,16,18)/b10-7-. The van der Waals surface area contributed by atoms with Gasteiger partial charge in [0.05, 0.1) is 11.3 Å². The molecule has 1 fully saturated rings. The van der Waals surface area contributed by atoms with Gasteiger partial charge in [-0.05, 0) is 44.8 Å². The van der Waals surface area contributed by atoms with E-state index in [1.807, 2.05) is 6.92 Å². The third-order valence-electron chi connectivity index (χ3n) is 3.11. The van der Waals surface area contributed by atoms with E-state index >= 15 is 0 Å². The Hall–Kier alpha value is -1.71. The number of allylic oxidation sites excluding steroid dienone is 2. The molecule has 0 spiro atoms. The Morgan fingerprint density at radius 3 is 2.67 bits per heavy atom. The summed E-state index contributed by atoms with van der Waals surface area (Å²) in [4.78, 5) is 30.6. The van der Waals surface area contributed by atoms with Crippen LogP contribution < -0.4 is 5.56 Å². The molecule has 1 N–H and O–H groups in total. The fraction of sp³-hybridized carbons (Fsp3) is 0.500. The monoisotopic (exact) mass is 246 g/mol. The summed E-state index contributed by atoms with van der Waals surface area (Å²) < 4.78 is 0. The van der Waals surface area contributed by atoms with Crippen molar-refractivity contribution in [3.05, 3.63) is 33.5 Å². The number of H-pyrrole nitrogens is 1. The number of aromatic amines is 1. The molecule has 0 saturated heterocycles. The van der Waals surface area contributed by atoms with Crippen LogP contribution in [0.4, 0.5) is 0 Å². The first-order chi connectivity index (χ1) is 8.52. The first-order valence-corrected chi connectivity index (χ1v) is 6.35. The predicted octanol–water partition coefficient (Wildman–Crippen LogP) is 2.34. The van der Waals surface area contributed by atoms with Crippen molar-refractivity contribution in [2.24, 2.45) is 0 Å². The fourth-order valence-corrected chi connectivity index (χ4v) is 2.17. The van der Waals surface area contributed by atoms with E-state index in [4.69, 9.17) is 0 Å². The highest BCUT2D eigenvalue weighted by Crippen LogP contribution is 2.41. The second-order valence-corrected chi connectivity index (χ2v) is 4.82. The van der Waals surface area contributed by atoms with Gasteiger partial charge < -0.3 is 4.98 Å². The first kappa shape index (κ1) is 12.7. The van der Waals surface area contributed by atoms with Crippen molar-refractivity contribution >= 4 is 11.4 Å². The van der Waals surface area contributed by atoms with Gasteiger partial charge in [-0.2, -0.15) is 0 Å². The molecule has 4 nitrogen and oxygen atoms in total. The molecule has 0 bridgehead atoms. The van der Waals surface area contributed by atoms with Crippen molar-refractivity contribution in [3.63, 3.8) is 0 Å². The van der Waals surface area contributed by atoms with Gasteiger partial charge in [-0.15, -0.1) is 0 Å². The Labute approximate surface area is 106 Å². The maximum atomic E-state index is 12.1. The van der Waals surface area contributed by atoms with Gasteiger partial charge in [-0.3, -0.25) is 9.59 Å². The molecule has 1 heterocycles. The molecule has 0 unspecified atom stereocenters. The lowest BCUT2D eigenvalue weighted by Crippen LogP contribution is -2.18. The van der Waals surface area contributed by atoms with Gasteiger partial charge in [-0.1, -0.05) is 6.92 Å². The minimum absolute atomic E-state index is 0.0337. The average molecular weight is 246 g/mol. The van der Waals surface area contributed by atoms with Crippen molar-refractivity contribution < 1.29 is 4.79 Å². The van der Waals surface area contributed by atoms with Gasteiger partial charge in [0, 0.05) is 5.92 Å². The zero-order chi connectivity index (χ0) is 13.3. The maximum absolute atomic E-state index is 12.1. The molecule has 0 atom stereocenters. The second kappa shape index (κ2) is 4.88. The summed E-state index contributed by atoms with van der Waals surface area (Å²) in [5.74, 6) is 1.00. The molecule has 18 heavy (non-hydrogen) atoms. The molecule has 0 amide bonds. The molecular formula is C14H18N2O2. The zero-order valence-corrected chi connectivity index (χ0v) is 11.0. The number of nitrogens with one attached hydrogen (secondary N) is 1. The van der Waals surface area contributed by atoms with Gasteiger partial charge in [0.2, 0.25) is 0 Å². The lowest BCUT2D eigenvalue weighted by atomic mass is 9.99. The molecule has 0 radical (unpaired) electrons. The Kier molecular flexibility index (Phi) is 3.45. The summed E-state index contributed by atoms with van der Waals surface area (Å²) >= 11 is 0. The Morgan fingerprint density at radius 1 is 1.50 bits per heavy atom. The van der Waals surface area contributed by atoms with Crippen LogP contribution in [-0.2, 0) is 4.79 Å². The van der Waals surface area contributed by atoms with E-state index in [0.29, 0.717) is 23.7 Å². The van der Waals surface area contributed by atoms with Gasteiger partial charge in [-0.25, -0.2) is 4.98 Å². The molecule has 1 aromatic rings. The van der Waals surface area contributed by atoms with Crippen LogP contribution in [-0.4, -0.2) is 15.8 Å². The molecule has 1 aliphatic rings. The SMILES string of the molecule is CC/C(=C/C(C)=O)c1c(C2CC2)nc(C)[nH]c1=O. The van der Waals surface area contributed by atoms with E-state index in [0.717, 1.165) is 24.1 Å². The Bertz CT molecular complexity index is 566. The minimum atomic E-state index is -0.126. The van der Waals surface area contributed by atoms with Gasteiger partial charge in [0.15, 0.2) is 5.78 Å². The number of aryl methyl sites for hydroxylation is 1. The summed E-state index contributed by atoms with van der Waals surface area (Å²) in [7, 11) is 0. The lowest BCUT2D eigenvalue weighted by Gasteiger charge is -2.10. The average Bonchev–Trinajstić information content (AvgIpc) is 3.09. The fourth-order valence-electron chi connectivity index (χ4n) is 2.17. The molecule has 0 aromatic carbocycles. The highest BCUT2D eigenvalue weighted by atomic mass is 16.1. The van der Waals surface area contributed by atoms with E-state index in [9.17, 15) is 9.59 Å². The van der Waals surface area contributed by atoms with E-state index in [1.165, 1.54) is 6.92 Å². The largest absolute Gasteiger partial charge is 0.310 e. The smallest absolute Gasteiger partial charge is 0.258 e. The molecule has 0 aliphatic heterocycles. The number of hydrogen-bond donors (Lipinski definition) is 1.